The molecule has 33 N–H and O–H groups in total. The van der Waals surface area contributed by atoms with Crippen molar-refractivity contribution in [2.45, 2.75) is 119 Å². The van der Waals surface area contributed by atoms with E-state index >= 15 is 0 Å². The zero-order valence-electron chi connectivity index (χ0n) is 40.8. The highest BCUT2D eigenvalue weighted by Gasteiger charge is 2.33. The molecule has 0 aliphatic rings. The Morgan fingerprint density at radius 3 is 0.740 bits per heavy atom. The number of guanidine groups is 6. The molecular weight excluding hydrogens is 979 g/mol. The second kappa shape index (κ2) is 37.1. The summed E-state index contributed by atoms with van der Waals surface area (Å²) in [5.74, 6) is -8.93. The molecule has 0 rings (SSSR count). The molecule has 34 heteroatoms. The van der Waals surface area contributed by atoms with Gasteiger partial charge >= 0.3 is 5.97 Å². The van der Waals surface area contributed by atoms with Crippen molar-refractivity contribution in [3.63, 3.8) is 0 Å². The van der Waals surface area contributed by atoms with Crippen LogP contribution in [0.25, 0.3) is 0 Å². The summed E-state index contributed by atoms with van der Waals surface area (Å²) in [6.07, 6.45) is 0.704. The summed E-state index contributed by atoms with van der Waals surface area (Å²) in [6, 6.07) is -9.49. The number of carbonyl (C=O) groups is 7. The van der Waals surface area contributed by atoms with E-state index in [4.69, 9.17) is 72.6 Å². The summed E-state index contributed by atoms with van der Waals surface area (Å²) in [7, 11) is 0. The first-order chi connectivity index (χ1) is 34.4. The van der Waals surface area contributed by atoms with Crippen molar-refractivity contribution in [1.29, 1.82) is 32.5 Å². The van der Waals surface area contributed by atoms with Crippen LogP contribution in [0.1, 0.15) is 77.0 Å². The lowest BCUT2D eigenvalue weighted by Crippen LogP contribution is -2.60. The molecule has 7 atom stereocenters. The van der Waals surface area contributed by atoms with Crippen LogP contribution in [-0.2, 0) is 33.6 Å². The van der Waals surface area contributed by atoms with Crippen LogP contribution < -0.4 is 104 Å². The fraction of sp³-hybridized carbons (Fsp3) is 0.667. The van der Waals surface area contributed by atoms with E-state index in [-0.39, 0.29) is 151 Å². The Kier molecular flexibility index (Phi) is 33.1. The van der Waals surface area contributed by atoms with E-state index in [0.717, 1.165) is 0 Å². The zero-order chi connectivity index (χ0) is 55.5. The van der Waals surface area contributed by atoms with Gasteiger partial charge in [-0.1, -0.05) is 0 Å². The van der Waals surface area contributed by atoms with Crippen LogP contribution in [0.5, 0.6) is 0 Å². The quantitative estimate of drug-likeness (QED) is 0.0118. The Labute approximate surface area is 428 Å². The lowest BCUT2D eigenvalue weighted by molar-refractivity contribution is -0.141. The predicted octanol–water partition coefficient (Wildman–Crippen LogP) is -8.18. The number of nitrogens with one attached hydrogen (secondary N) is 18. The van der Waals surface area contributed by atoms with E-state index in [1.165, 1.54) is 0 Å². The van der Waals surface area contributed by atoms with Crippen molar-refractivity contribution in [3.05, 3.63) is 0 Å². The van der Waals surface area contributed by atoms with Crippen LogP contribution in [0.15, 0.2) is 0 Å². The van der Waals surface area contributed by atoms with Gasteiger partial charge in [0.25, 0.3) is 0 Å². The van der Waals surface area contributed by atoms with Crippen molar-refractivity contribution >= 4 is 89.8 Å². The first-order valence-electron chi connectivity index (χ1n) is 23.3. The lowest BCUT2D eigenvalue weighted by Gasteiger charge is -2.28. The molecule has 0 spiro atoms. The molecule has 0 aromatic heterocycles. The number of hydrogen-bond acceptors (Lipinski definition) is 15. The van der Waals surface area contributed by atoms with Gasteiger partial charge in [0.15, 0.2) is 35.8 Å². The summed E-state index contributed by atoms with van der Waals surface area (Å²) >= 11 is 3.98. The molecule has 73 heavy (non-hydrogen) atoms. The Morgan fingerprint density at radius 1 is 0.356 bits per heavy atom. The monoisotopic (exact) mass is 1060 g/mol. The van der Waals surface area contributed by atoms with E-state index in [1.807, 2.05) is 0 Å². The molecule has 0 saturated heterocycles. The van der Waals surface area contributed by atoms with Crippen LogP contribution in [-0.4, -0.2) is 170 Å². The van der Waals surface area contributed by atoms with E-state index in [2.05, 4.69) is 76.4 Å². The maximum Gasteiger partial charge on any atom is 0.327 e. The van der Waals surface area contributed by atoms with Gasteiger partial charge in [-0.2, -0.15) is 12.6 Å². The SMILES string of the molecule is N=C(N)NCCC[C@H](NC(=O)[C@H](CCCNC(=N)N)NC(=O)[C@H](CCCNC(=N)N)NC(=O)[C@H](CCCNC(=N)N)NC(=O)[C@H](CCCNC(=N)N)NC(=O)[C@@H](N)CCCNC(=N)N)C(=O)N[C@@H](CS)C(=O)O. The predicted molar refractivity (Wildman–Crippen MR) is 276 cm³/mol. The molecule has 0 fully saturated rings. The number of hydrogen-bond donors (Lipinski definition) is 27. The van der Waals surface area contributed by atoms with E-state index in [1.54, 1.807) is 0 Å². The topological polar surface area (TPSA) is 609 Å². The second-order valence-corrected chi connectivity index (χ2v) is 16.8. The third-order valence-electron chi connectivity index (χ3n) is 10.2. The number of rotatable bonds is 38. The van der Waals surface area contributed by atoms with Crippen molar-refractivity contribution in [1.82, 2.24) is 63.8 Å². The van der Waals surface area contributed by atoms with Crippen LogP contribution in [0.3, 0.4) is 0 Å². The van der Waals surface area contributed by atoms with Crippen LogP contribution >= 0.6 is 12.6 Å². The number of thiol groups is 1. The number of nitrogens with two attached hydrogens (primary N) is 7. The Bertz CT molecular complexity index is 1880. The standard InChI is InChI=1S/C39H79N25O8S/c40-20(7-1-13-53-34(41)42)27(65)59-21(8-2-14-54-35(43)44)28(66)60-22(9-3-15-55-36(45)46)29(67)61-23(10-4-16-56-37(47)48)30(68)62-24(11-5-17-57-38(49)50)31(69)63-25(12-6-18-58-39(51)52)32(70)64-26(19-73)33(71)72/h20-26,73H,1-19,40H2,(H,59,65)(H,60,66)(H,61,67)(H,62,68)(H,63,69)(H,64,70)(H,71,72)(H4,41,42,53)(H4,43,44,54)(H4,45,46,55)(H4,47,48,56)(H4,49,50,57)(H4,51,52,58)/t20-,21-,22-,23-,24-,25-,26-/m0/s1. The highest BCUT2D eigenvalue weighted by molar-refractivity contribution is 7.80. The maximum atomic E-state index is 14.3. The van der Waals surface area contributed by atoms with Crippen molar-refractivity contribution in [3.8, 4) is 0 Å². The smallest absolute Gasteiger partial charge is 0.327 e. The van der Waals surface area contributed by atoms with Gasteiger partial charge in [-0.3, -0.25) is 61.2 Å². The highest BCUT2D eigenvalue weighted by Crippen LogP contribution is 2.09. The van der Waals surface area contributed by atoms with E-state index in [9.17, 15) is 38.7 Å². The fourth-order valence-electron chi connectivity index (χ4n) is 6.49. The van der Waals surface area contributed by atoms with Crippen molar-refractivity contribution in [2.75, 3.05) is 45.0 Å². The Morgan fingerprint density at radius 2 is 0.548 bits per heavy atom. The molecule has 0 saturated carbocycles. The van der Waals surface area contributed by atoms with Gasteiger partial charge in [0.1, 0.15) is 36.3 Å². The van der Waals surface area contributed by atoms with Gasteiger partial charge < -0.3 is 109 Å². The molecule has 414 valence electrons. The molecule has 0 unspecified atom stereocenters. The Hall–Kier alpha value is -7.78. The molecule has 0 heterocycles. The number of carbonyl (C=O) groups excluding carboxylic acids is 6. The summed E-state index contributed by atoms with van der Waals surface area (Å²) in [5, 5.41) is 85.2. The summed E-state index contributed by atoms with van der Waals surface area (Å²) < 4.78 is 0. The molecule has 0 bridgehead atoms. The van der Waals surface area contributed by atoms with E-state index < -0.39 is 83.7 Å². The summed E-state index contributed by atoms with van der Waals surface area (Å²) in [6.45, 7) is 0.675. The fourth-order valence-corrected chi connectivity index (χ4v) is 6.74. The van der Waals surface area contributed by atoms with E-state index in [0.29, 0.717) is 6.42 Å². The zero-order valence-corrected chi connectivity index (χ0v) is 41.7. The third-order valence-corrected chi connectivity index (χ3v) is 10.6. The molecule has 0 aromatic rings. The summed E-state index contributed by atoms with van der Waals surface area (Å²) in [4.78, 5) is 95.1. The average Bonchev–Trinajstić information content (AvgIpc) is 3.30. The molecule has 0 aliphatic heterocycles. The molecule has 0 aliphatic carbocycles. The minimum atomic E-state index is -1.45. The highest BCUT2D eigenvalue weighted by atomic mass is 32.1. The molecule has 6 amide bonds. The summed E-state index contributed by atoms with van der Waals surface area (Å²) in [5.41, 5.74) is 38.5. The number of aliphatic carboxylic acids is 1. The number of amides is 6. The molecule has 33 nitrogen and oxygen atoms in total. The minimum absolute atomic E-state index is 0.0244. The second-order valence-electron chi connectivity index (χ2n) is 16.4. The average molecular weight is 1060 g/mol. The van der Waals surface area contributed by atoms with Crippen molar-refractivity contribution < 1.29 is 38.7 Å². The van der Waals surface area contributed by atoms with Gasteiger partial charge in [-0.25, -0.2) is 4.79 Å². The van der Waals surface area contributed by atoms with Crippen LogP contribution in [0.4, 0.5) is 0 Å². The van der Waals surface area contributed by atoms with Gasteiger partial charge in [-0.15, -0.1) is 0 Å². The van der Waals surface area contributed by atoms with Gasteiger partial charge in [0, 0.05) is 45.0 Å². The minimum Gasteiger partial charge on any atom is -0.480 e. The Balaban J connectivity index is 6.97. The first-order valence-corrected chi connectivity index (χ1v) is 23.9. The molecule has 0 aromatic carbocycles. The third kappa shape index (κ3) is 31.9. The first kappa shape index (κ1) is 65.2. The number of carboxylic acids is 1. The van der Waals surface area contributed by atoms with Crippen LogP contribution in [0.2, 0.25) is 0 Å². The van der Waals surface area contributed by atoms with Gasteiger partial charge in [0.2, 0.25) is 35.4 Å². The van der Waals surface area contributed by atoms with Gasteiger partial charge in [-0.05, 0) is 77.0 Å². The maximum absolute atomic E-state index is 14.3. The van der Waals surface area contributed by atoms with Crippen molar-refractivity contribution in [2.24, 2.45) is 40.1 Å². The molecule has 0 radical (unpaired) electrons. The molecular formula is C39H79N25O8S. The normalized spacial score (nSPS) is 13.5. The lowest BCUT2D eigenvalue weighted by atomic mass is 10.0. The van der Waals surface area contributed by atoms with Crippen LogP contribution in [0, 0.1) is 32.5 Å². The largest absolute Gasteiger partial charge is 0.480 e. The van der Waals surface area contributed by atoms with Gasteiger partial charge in [0.05, 0.1) is 6.04 Å². The number of carboxylic acid groups (broad SMARTS) is 1.